The summed E-state index contributed by atoms with van der Waals surface area (Å²) in [7, 11) is 1.90. The predicted octanol–water partition coefficient (Wildman–Crippen LogP) is 3.21. The lowest BCUT2D eigenvalue weighted by Gasteiger charge is -2.38. The van der Waals surface area contributed by atoms with Crippen molar-refractivity contribution in [2.75, 3.05) is 6.54 Å². The van der Waals surface area contributed by atoms with Crippen LogP contribution in [-0.4, -0.2) is 33.2 Å². The molecule has 1 aliphatic carbocycles. The van der Waals surface area contributed by atoms with Gasteiger partial charge in [0, 0.05) is 25.7 Å². The van der Waals surface area contributed by atoms with E-state index in [1.807, 2.05) is 54.7 Å². The van der Waals surface area contributed by atoms with Crippen LogP contribution in [0.2, 0.25) is 0 Å². The van der Waals surface area contributed by atoms with Crippen LogP contribution in [0.25, 0.3) is 0 Å². The lowest BCUT2D eigenvalue weighted by molar-refractivity contribution is -0.136. The lowest BCUT2D eigenvalue weighted by Crippen LogP contribution is -2.47. The average Bonchev–Trinajstić information content (AvgIpc) is 3.37. The third kappa shape index (κ3) is 3.12. The van der Waals surface area contributed by atoms with E-state index >= 15 is 0 Å². The van der Waals surface area contributed by atoms with Crippen molar-refractivity contribution in [1.29, 1.82) is 5.26 Å². The van der Waals surface area contributed by atoms with Crippen LogP contribution in [0.15, 0.2) is 42.7 Å². The Morgan fingerprint density at radius 2 is 2.12 bits per heavy atom. The summed E-state index contributed by atoms with van der Waals surface area (Å²) in [6.07, 6.45) is 7.79. The van der Waals surface area contributed by atoms with Gasteiger partial charge in [-0.1, -0.05) is 30.3 Å². The van der Waals surface area contributed by atoms with Gasteiger partial charge in [0.05, 0.1) is 24.2 Å². The quantitative estimate of drug-likeness (QED) is 0.852. The zero-order chi connectivity index (χ0) is 18.1. The Kier molecular flexibility index (Phi) is 4.50. The summed E-state index contributed by atoms with van der Waals surface area (Å²) in [6.45, 7) is 0.769. The lowest BCUT2D eigenvalue weighted by atomic mass is 9.86. The molecule has 0 unspecified atom stereocenters. The Morgan fingerprint density at radius 3 is 2.81 bits per heavy atom. The van der Waals surface area contributed by atoms with Crippen molar-refractivity contribution in [3.8, 4) is 6.07 Å². The minimum atomic E-state index is -0.254. The molecule has 0 bridgehead atoms. The number of carbonyl (C=O) groups excluding carboxylic acids is 1. The molecule has 1 aromatic carbocycles. The molecule has 4 atom stereocenters. The van der Waals surface area contributed by atoms with Gasteiger partial charge in [0.25, 0.3) is 0 Å². The fraction of sp³-hybridized carbons (Fsp3) is 0.476. The first-order valence-electron chi connectivity index (χ1n) is 9.42. The van der Waals surface area contributed by atoms with E-state index in [0.717, 1.165) is 43.4 Å². The fourth-order valence-electron chi connectivity index (χ4n) is 4.30. The molecule has 2 aromatic rings. The molecule has 1 amide bonds. The highest BCUT2D eigenvalue weighted by molar-refractivity contribution is 5.83. The van der Waals surface area contributed by atoms with E-state index in [1.165, 1.54) is 0 Å². The number of hydrogen-bond donors (Lipinski definition) is 0. The number of likely N-dealkylation sites (tertiary alicyclic amines) is 1. The number of aromatic nitrogens is 2. The minimum absolute atomic E-state index is 0.0150. The Bertz CT molecular complexity index is 822. The van der Waals surface area contributed by atoms with Gasteiger partial charge in [-0.2, -0.15) is 10.4 Å². The molecule has 2 aliphatic rings. The normalized spacial score (nSPS) is 26.2. The third-order valence-corrected chi connectivity index (χ3v) is 5.78. The van der Waals surface area contributed by atoms with Crippen molar-refractivity contribution in [3.63, 3.8) is 0 Å². The van der Waals surface area contributed by atoms with Gasteiger partial charge in [-0.25, -0.2) is 0 Å². The molecular weight excluding hydrogens is 324 g/mol. The number of aryl methyl sites for hydroxylation is 1. The number of hydrogen-bond acceptors (Lipinski definition) is 3. The van der Waals surface area contributed by atoms with E-state index < -0.39 is 0 Å². The second kappa shape index (κ2) is 6.95. The van der Waals surface area contributed by atoms with Crippen LogP contribution in [-0.2, 0) is 11.8 Å². The molecule has 4 rings (SSSR count). The summed E-state index contributed by atoms with van der Waals surface area (Å²) < 4.78 is 1.79. The van der Waals surface area contributed by atoms with Crippen LogP contribution in [0.4, 0.5) is 0 Å². The number of amides is 1. The highest BCUT2D eigenvalue weighted by atomic mass is 16.2. The van der Waals surface area contributed by atoms with E-state index in [1.54, 1.807) is 4.68 Å². The summed E-state index contributed by atoms with van der Waals surface area (Å²) in [4.78, 5) is 15.2. The van der Waals surface area contributed by atoms with Gasteiger partial charge >= 0.3 is 0 Å². The minimum Gasteiger partial charge on any atom is -0.338 e. The van der Waals surface area contributed by atoms with Crippen LogP contribution >= 0.6 is 0 Å². The van der Waals surface area contributed by atoms with Crippen molar-refractivity contribution in [2.24, 2.45) is 13.0 Å². The van der Waals surface area contributed by atoms with Gasteiger partial charge in [0.1, 0.15) is 0 Å². The predicted molar refractivity (Wildman–Crippen MR) is 98.2 cm³/mol. The average molecular weight is 348 g/mol. The first-order chi connectivity index (χ1) is 12.7. The summed E-state index contributed by atoms with van der Waals surface area (Å²) in [6, 6.07) is 12.4. The maximum Gasteiger partial charge on any atom is 0.226 e. The van der Waals surface area contributed by atoms with Crippen LogP contribution in [0.3, 0.4) is 0 Å². The SMILES string of the molecule is Cn1cc([C@@H]2C[C@@H]2C(=O)N2CCCC[C@@H]2[C@H](C#N)c2ccccc2)cn1. The molecule has 2 fully saturated rings. The summed E-state index contributed by atoms with van der Waals surface area (Å²) in [5.74, 6) is 0.307. The Morgan fingerprint density at radius 1 is 1.31 bits per heavy atom. The summed E-state index contributed by atoms with van der Waals surface area (Å²) in [5.41, 5.74) is 2.17. The van der Waals surface area contributed by atoms with Crippen LogP contribution < -0.4 is 0 Å². The molecule has 0 radical (unpaired) electrons. The van der Waals surface area contributed by atoms with E-state index in [4.69, 9.17) is 0 Å². The summed E-state index contributed by atoms with van der Waals surface area (Å²) >= 11 is 0. The van der Waals surface area contributed by atoms with Crippen molar-refractivity contribution in [2.45, 2.75) is 43.6 Å². The van der Waals surface area contributed by atoms with Crippen LogP contribution in [0.5, 0.6) is 0 Å². The Labute approximate surface area is 154 Å². The van der Waals surface area contributed by atoms with Crippen LogP contribution in [0, 0.1) is 17.2 Å². The van der Waals surface area contributed by atoms with E-state index in [2.05, 4.69) is 11.2 Å². The first-order valence-corrected chi connectivity index (χ1v) is 9.42. The number of nitriles is 1. The maximum absolute atomic E-state index is 13.2. The second-order valence-corrected chi connectivity index (χ2v) is 7.51. The molecule has 1 aromatic heterocycles. The molecule has 26 heavy (non-hydrogen) atoms. The molecule has 1 saturated carbocycles. The second-order valence-electron chi connectivity index (χ2n) is 7.51. The number of carbonyl (C=O) groups is 1. The maximum atomic E-state index is 13.2. The van der Waals surface area contributed by atoms with E-state index in [-0.39, 0.29) is 29.7 Å². The molecule has 5 heteroatoms. The van der Waals surface area contributed by atoms with Crippen molar-refractivity contribution < 1.29 is 4.79 Å². The van der Waals surface area contributed by atoms with Gasteiger partial charge in [-0.05, 0) is 42.7 Å². The molecule has 1 aliphatic heterocycles. The smallest absolute Gasteiger partial charge is 0.226 e. The van der Waals surface area contributed by atoms with Gasteiger partial charge in [0.2, 0.25) is 5.91 Å². The molecule has 0 spiro atoms. The zero-order valence-corrected chi connectivity index (χ0v) is 15.1. The molecule has 134 valence electrons. The summed E-state index contributed by atoms with van der Waals surface area (Å²) in [5, 5.41) is 14.0. The molecule has 1 saturated heterocycles. The van der Waals surface area contributed by atoms with Gasteiger partial charge < -0.3 is 4.90 Å². The molecular formula is C21H24N4O. The highest BCUT2D eigenvalue weighted by Crippen LogP contribution is 2.49. The van der Waals surface area contributed by atoms with Gasteiger partial charge in [0.15, 0.2) is 0 Å². The topological polar surface area (TPSA) is 61.9 Å². The zero-order valence-electron chi connectivity index (χ0n) is 15.1. The van der Waals surface area contributed by atoms with E-state index in [0.29, 0.717) is 0 Å². The standard InChI is InChI=1S/C21H24N4O/c1-24-14-16(13-23-24)17-11-18(17)21(26)25-10-6-5-9-20(25)19(12-22)15-7-3-2-4-8-15/h2-4,7-8,13-14,17-20H,5-6,9-11H2,1H3/t17-,18-,19+,20+/m0/s1. The monoisotopic (exact) mass is 348 g/mol. The van der Waals surface area contributed by atoms with Crippen molar-refractivity contribution in [1.82, 2.24) is 14.7 Å². The van der Waals surface area contributed by atoms with Gasteiger partial charge in [-0.15, -0.1) is 0 Å². The van der Waals surface area contributed by atoms with Crippen molar-refractivity contribution >= 4 is 5.91 Å². The highest BCUT2D eigenvalue weighted by Gasteiger charge is 2.48. The number of piperidine rings is 1. The molecule has 0 N–H and O–H groups in total. The Balaban J connectivity index is 1.52. The number of nitrogens with zero attached hydrogens (tertiary/aromatic N) is 4. The van der Waals surface area contributed by atoms with Gasteiger partial charge in [-0.3, -0.25) is 9.48 Å². The largest absolute Gasteiger partial charge is 0.338 e. The third-order valence-electron chi connectivity index (χ3n) is 5.78. The number of rotatable bonds is 4. The fourth-order valence-corrected chi connectivity index (χ4v) is 4.30. The first kappa shape index (κ1) is 16.8. The molecule has 5 nitrogen and oxygen atoms in total. The van der Waals surface area contributed by atoms with Crippen molar-refractivity contribution in [3.05, 3.63) is 53.9 Å². The Hall–Kier alpha value is -2.61. The molecule has 2 heterocycles. The van der Waals surface area contributed by atoms with Crippen LogP contribution in [0.1, 0.15) is 48.6 Å². The number of benzene rings is 1. The van der Waals surface area contributed by atoms with E-state index in [9.17, 15) is 10.1 Å².